The second-order valence-corrected chi connectivity index (χ2v) is 13.5. The third kappa shape index (κ3) is 6.93. The maximum Gasteiger partial charge on any atom is 0.324 e. The Hall–Kier alpha value is -5.05. The molecule has 0 unspecified atom stereocenters. The number of piperidine rings is 1. The van der Waals surface area contributed by atoms with Gasteiger partial charge in [-0.15, -0.1) is 0 Å². The van der Waals surface area contributed by atoms with Crippen molar-refractivity contribution >= 4 is 23.4 Å². The lowest BCUT2D eigenvalue weighted by Gasteiger charge is -2.35. The number of aryl methyl sites for hydroxylation is 1. The molecule has 1 saturated heterocycles. The maximum atomic E-state index is 13.4. The van der Waals surface area contributed by atoms with E-state index in [0.29, 0.717) is 17.4 Å². The van der Waals surface area contributed by atoms with Gasteiger partial charge in [0, 0.05) is 67.1 Å². The summed E-state index contributed by atoms with van der Waals surface area (Å²) in [5.74, 6) is 1.20. The molecule has 2 aromatic carbocycles. The van der Waals surface area contributed by atoms with E-state index in [9.17, 15) is 9.59 Å². The topological polar surface area (TPSA) is 94.5 Å². The zero-order valence-corrected chi connectivity index (χ0v) is 27.3. The third-order valence-corrected chi connectivity index (χ3v) is 8.79. The Morgan fingerprint density at radius 1 is 0.978 bits per heavy atom. The number of carbonyl (C=O) groups is 2. The molecule has 0 bridgehead atoms. The van der Waals surface area contributed by atoms with Crippen LogP contribution < -0.4 is 16.0 Å². The Labute approximate surface area is 271 Å². The lowest BCUT2D eigenvalue weighted by Crippen LogP contribution is -2.42. The summed E-state index contributed by atoms with van der Waals surface area (Å²) in [6, 6.07) is 17.7. The monoisotopic (exact) mass is 617 g/mol. The number of allylic oxidation sites excluding steroid dienone is 4. The summed E-state index contributed by atoms with van der Waals surface area (Å²) in [5, 5.41) is 13.9. The van der Waals surface area contributed by atoms with E-state index >= 15 is 0 Å². The lowest BCUT2D eigenvalue weighted by atomic mass is 9.90. The Balaban J connectivity index is 1.02. The molecule has 1 aromatic heterocycles. The average Bonchev–Trinajstić information content (AvgIpc) is 3.46. The number of anilines is 2. The number of rotatable bonds is 6. The molecule has 6 rings (SSSR count). The number of hydrogen-bond acceptors (Lipinski definition) is 5. The zero-order chi connectivity index (χ0) is 32.4. The molecule has 0 saturated carbocycles. The third-order valence-electron chi connectivity index (χ3n) is 8.79. The van der Waals surface area contributed by atoms with Crippen molar-refractivity contribution in [2.24, 2.45) is 5.92 Å². The van der Waals surface area contributed by atoms with E-state index < -0.39 is 0 Å². The predicted octanol–water partition coefficient (Wildman–Crippen LogP) is 6.62. The fourth-order valence-electron chi connectivity index (χ4n) is 6.00. The summed E-state index contributed by atoms with van der Waals surface area (Å²) in [6.07, 6.45) is 12.7. The summed E-state index contributed by atoms with van der Waals surface area (Å²) < 4.78 is 1.78. The first kappa shape index (κ1) is 31.0. The number of nitrogens with one attached hydrogen (secondary N) is 3. The van der Waals surface area contributed by atoms with Crippen LogP contribution in [0.3, 0.4) is 0 Å². The van der Waals surface area contributed by atoms with Gasteiger partial charge in [0.2, 0.25) is 0 Å². The van der Waals surface area contributed by atoms with Crippen molar-refractivity contribution in [3.63, 3.8) is 0 Å². The number of hydrogen-bond donors (Lipinski definition) is 3. The van der Waals surface area contributed by atoms with Crippen LogP contribution in [0.2, 0.25) is 0 Å². The molecular weight excluding hydrogens is 574 g/mol. The van der Waals surface area contributed by atoms with Crippen LogP contribution in [0.15, 0.2) is 102 Å². The normalized spacial score (nSPS) is 16.6. The van der Waals surface area contributed by atoms with Gasteiger partial charge in [-0.3, -0.25) is 10.1 Å². The maximum absolute atomic E-state index is 13.4. The Morgan fingerprint density at radius 2 is 1.70 bits per heavy atom. The van der Waals surface area contributed by atoms with Crippen LogP contribution in [-0.2, 0) is 16.6 Å². The standard InChI is InChI=1S/C37H43N7O2/c1-25-6-12-31(13-7-25)44-34(22-33(41-44)37(2,3)4)40-36(46)39-30-10-8-26(9-11-30)20-27-15-18-43(19-16-27)35(45)32-21-29-23-38-17-14-28(29)24-42(32)5/h6-14,17,21-24,27,38H,15-16,18-20H2,1-5H3,(H2,39,40,46). The second-order valence-electron chi connectivity index (χ2n) is 13.5. The molecule has 0 atom stereocenters. The number of benzene rings is 2. The molecule has 3 aliphatic heterocycles. The van der Waals surface area contributed by atoms with Crippen LogP contribution >= 0.6 is 0 Å². The number of urea groups is 1. The van der Waals surface area contributed by atoms with E-state index in [1.807, 2.05) is 97.0 Å². The molecule has 0 aliphatic carbocycles. The minimum atomic E-state index is -0.323. The number of likely N-dealkylation sites (N-methyl/N-ethyl adjacent to an activating group) is 1. The van der Waals surface area contributed by atoms with Crippen molar-refractivity contribution in [1.82, 2.24) is 24.9 Å². The van der Waals surface area contributed by atoms with E-state index in [4.69, 9.17) is 5.10 Å². The van der Waals surface area contributed by atoms with Crippen LogP contribution in [0.1, 0.15) is 50.4 Å². The molecule has 3 amide bonds. The first-order valence-corrected chi connectivity index (χ1v) is 16.0. The van der Waals surface area contributed by atoms with Crippen LogP contribution in [0.4, 0.5) is 16.3 Å². The van der Waals surface area contributed by atoms with Gasteiger partial charge in [0.05, 0.1) is 11.4 Å². The molecular formula is C37H43N7O2. The highest BCUT2D eigenvalue weighted by atomic mass is 16.2. The van der Waals surface area contributed by atoms with E-state index in [1.54, 1.807) is 4.68 Å². The number of fused-ring (bicyclic) bond motifs is 1. The highest BCUT2D eigenvalue weighted by Crippen LogP contribution is 2.29. The van der Waals surface area contributed by atoms with E-state index in [0.717, 1.165) is 66.1 Å². The van der Waals surface area contributed by atoms with Gasteiger partial charge in [-0.1, -0.05) is 50.6 Å². The Bertz CT molecular complexity index is 1730. The van der Waals surface area contributed by atoms with Crippen molar-refractivity contribution in [2.75, 3.05) is 30.8 Å². The molecule has 1 fully saturated rings. The minimum Gasteiger partial charge on any atom is -0.367 e. The Kier molecular flexibility index (Phi) is 8.58. The van der Waals surface area contributed by atoms with Crippen LogP contribution in [0.5, 0.6) is 0 Å². The summed E-state index contributed by atoms with van der Waals surface area (Å²) in [7, 11) is 1.93. The van der Waals surface area contributed by atoms with Crippen molar-refractivity contribution in [2.45, 2.75) is 52.4 Å². The van der Waals surface area contributed by atoms with Gasteiger partial charge >= 0.3 is 6.03 Å². The number of nitrogens with zero attached hydrogens (tertiary/aromatic N) is 4. The first-order valence-electron chi connectivity index (χ1n) is 16.0. The number of dihydropyridines is 1. The molecule has 238 valence electrons. The van der Waals surface area contributed by atoms with Gasteiger partial charge in [0.1, 0.15) is 11.5 Å². The smallest absolute Gasteiger partial charge is 0.324 e. The number of carbonyl (C=O) groups excluding carboxylic acids is 2. The van der Waals surface area contributed by atoms with Crippen molar-refractivity contribution < 1.29 is 9.59 Å². The highest BCUT2D eigenvalue weighted by Gasteiger charge is 2.28. The van der Waals surface area contributed by atoms with Crippen LogP contribution in [0.25, 0.3) is 5.69 Å². The van der Waals surface area contributed by atoms with Crippen LogP contribution in [0, 0.1) is 12.8 Å². The molecule has 9 nitrogen and oxygen atoms in total. The quantitative estimate of drug-likeness (QED) is 0.289. The fourth-order valence-corrected chi connectivity index (χ4v) is 6.00. The summed E-state index contributed by atoms with van der Waals surface area (Å²) in [5.41, 5.74) is 7.54. The van der Waals surface area contributed by atoms with Crippen molar-refractivity contribution in [3.05, 3.63) is 119 Å². The zero-order valence-electron chi connectivity index (χ0n) is 27.3. The molecule has 0 radical (unpaired) electrons. The van der Waals surface area contributed by atoms with Gasteiger partial charge < -0.3 is 20.4 Å². The first-order chi connectivity index (χ1) is 22.0. The molecule has 46 heavy (non-hydrogen) atoms. The number of amides is 3. The predicted molar refractivity (Wildman–Crippen MR) is 183 cm³/mol. The number of likely N-dealkylation sites (tertiary alicyclic amines) is 1. The minimum absolute atomic E-state index is 0.0805. The highest BCUT2D eigenvalue weighted by molar-refractivity contribution is 5.99. The molecule has 4 heterocycles. The summed E-state index contributed by atoms with van der Waals surface area (Å²) >= 11 is 0. The van der Waals surface area contributed by atoms with Gasteiger partial charge in [-0.25, -0.2) is 9.48 Å². The van der Waals surface area contributed by atoms with Gasteiger partial charge in [-0.2, -0.15) is 5.10 Å². The SMILES string of the molecule is Cc1ccc(-n2nc(C(C)(C)C)cc2NC(=O)Nc2ccc(CC3CCN(C(=O)C4=CC5=CNC=CC5=CN4C)CC3)cc2)cc1. The van der Waals surface area contributed by atoms with Gasteiger partial charge in [0.25, 0.3) is 5.91 Å². The molecule has 3 aromatic rings. The van der Waals surface area contributed by atoms with Crippen molar-refractivity contribution in [3.8, 4) is 5.69 Å². The summed E-state index contributed by atoms with van der Waals surface area (Å²) in [6.45, 7) is 9.86. The fraction of sp³-hybridized carbons (Fsp3) is 0.324. The largest absolute Gasteiger partial charge is 0.367 e. The Morgan fingerprint density at radius 3 is 2.39 bits per heavy atom. The van der Waals surface area contributed by atoms with E-state index in [-0.39, 0.29) is 17.4 Å². The van der Waals surface area contributed by atoms with Crippen LogP contribution in [-0.4, -0.2) is 51.7 Å². The molecule has 3 aliphatic rings. The summed E-state index contributed by atoms with van der Waals surface area (Å²) in [4.78, 5) is 30.3. The molecule has 0 spiro atoms. The second kappa shape index (κ2) is 12.7. The van der Waals surface area contributed by atoms with E-state index in [2.05, 4.69) is 48.9 Å². The van der Waals surface area contributed by atoms with Crippen molar-refractivity contribution in [1.29, 1.82) is 0 Å². The van der Waals surface area contributed by atoms with Gasteiger partial charge in [-0.05, 0) is 74.1 Å². The van der Waals surface area contributed by atoms with E-state index in [1.165, 1.54) is 5.56 Å². The molecule has 9 heteroatoms. The molecule has 3 N–H and O–H groups in total. The van der Waals surface area contributed by atoms with Gasteiger partial charge in [0.15, 0.2) is 0 Å². The lowest BCUT2D eigenvalue weighted by molar-refractivity contribution is -0.129. The average molecular weight is 618 g/mol. The number of aromatic nitrogens is 2.